The number of anilines is 2. The summed E-state index contributed by atoms with van der Waals surface area (Å²) in [4.78, 5) is 50.4. The van der Waals surface area contributed by atoms with E-state index in [2.05, 4.69) is 10.6 Å². The molecular weight excluding hydrogens is 488 g/mol. The fourth-order valence-corrected chi connectivity index (χ4v) is 6.14. The van der Waals surface area contributed by atoms with Gasteiger partial charge in [0.05, 0.1) is 23.8 Å². The smallest absolute Gasteiger partial charge is 0.341 e. The summed E-state index contributed by atoms with van der Waals surface area (Å²) in [5, 5.41) is 14.5. The molecule has 1 aromatic carbocycles. The topological polar surface area (TPSA) is 122 Å². The number of carbonyl (C=O) groups is 4. The van der Waals surface area contributed by atoms with Gasteiger partial charge in [-0.2, -0.15) is 0 Å². The molecule has 0 bridgehead atoms. The van der Waals surface area contributed by atoms with Crippen molar-refractivity contribution in [2.24, 2.45) is 0 Å². The minimum atomic E-state index is -1.03. The standard InChI is InChI=1S/C25H30N2O6S2/c1-3-18(34-16-9-7-8-15(14-16)26-20(28)12-13-21(29)30)23(31)27-24-22(25(32)33-4-2)17-10-5-6-11-19(17)35-24/h7-9,14,18H,3-6,10-13H2,1-2H3,(H,26,28)(H,27,31)(H,29,30). The molecule has 2 aromatic rings. The fourth-order valence-electron chi connectivity index (χ4n) is 3.84. The lowest BCUT2D eigenvalue weighted by atomic mass is 9.95. The van der Waals surface area contributed by atoms with Gasteiger partial charge in [-0.25, -0.2) is 4.79 Å². The first kappa shape index (κ1) is 26.7. The number of aryl methyl sites for hydroxylation is 1. The number of carbonyl (C=O) groups excluding carboxylic acids is 3. The van der Waals surface area contributed by atoms with Gasteiger partial charge < -0.3 is 20.5 Å². The van der Waals surface area contributed by atoms with Crippen LogP contribution in [0.5, 0.6) is 0 Å². The van der Waals surface area contributed by atoms with Crippen molar-refractivity contribution in [2.75, 3.05) is 17.2 Å². The minimum absolute atomic E-state index is 0.111. The number of thiophene rings is 1. The van der Waals surface area contributed by atoms with E-state index >= 15 is 0 Å². The first-order valence-electron chi connectivity index (χ1n) is 11.7. The maximum Gasteiger partial charge on any atom is 0.341 e. The molecule has 10 heteroatoms. The number of thioether (sulfide) groups is 1. The summed E-state index contributed by atoms with van der Waals surface area (Å²) in [5.74, 6) is -2.00. The van der Waals surface area contributed by atoms with Crippen molar-refractivity contribution in [3.63, 3.8) is 0 Å². The van der Waals surface area contributed by atoms with Crippen LogP contribution in [0, 0.1) is 0 Å². The number of nitrogens with one attached hydrogen (secondary N) is 2. The summed E-state index contributed by atoms with van der Waals surface area (Å²) in [5.41, 5.74) is 2.03. The van der Waals surface area contributed by atoms with Crippen LogP contribution in [0.4, 0.5) is 10.7 Å². The zero-order chi connectivity index (χ0) is 25.4. The van der Waals surface area contributed by atoms with Crippen LogP contribution in [0.3, 0.4) is 0 Å². The van der Waals surface area contributed by atoms with Crippen LogP contribution in [-0.2, 0) is 32.0 Å². The van der Waals surface area contributed by atoms with Gasteiger partial charge in [0.25, 0.3) is 0 Å². The zero-order valence-electron chi connectivity index (χ0n) is 19.8. The maximum atomic E-state index is 13.2. The summed E-state index contributed by atoms with van der Waals surface area (Å²) in [6.45, 7) is 3.95. The number of esters is 1. The Kier molecular flexibility index (Phi) is 9.73. The average molecular weight is 519 g/mol. The number of fused-ring (bicyclic) bond motifs is 1. The van der Waals surface area contributed by atoms with Crippen LogP contribution in [0.2, 0.25) is 0 Å². The Balaban J connectivity index is 1.71. The van der Waals surface area contributed by atoms with Gasteiger partial charge in [0.2, 0.25) is 11.8 Å². The highest BCUT2D eigenvalue weighted by Crippen LogP contribution is 2.39. The van der Waals surface area contributed by atoms with Crippen LogP contribution in [0.25, 0.3) is 0 Å². The van der Waals surface area contributed by atoms with E-state index < -0.39 is 17.2 Å². The predicted octanol–water partition coefficient (Wildman–Crippen LogP) is 5.12. The van der Waals surface area contributed by atoms with Crippen molar-refractivity contribution < 1.29 is 29.0 Å². The molecule has 1 unspecified atom stereocenters. The number of aliphatic carboxylic acids is 1. The van der Waals surface area contributed by atoms with Crippen molar-refractivity contribution >= 4 is 57.5 Å². The second-order valence-electron chi connectivity index (χ2n) is 8.11. The SMILES string of the molecule is CCOC(=O)c1c(NC(=O)C(CC)Sc2cccc(NC(=O)CCC(=O)O)c2)sc2c1CCCC2. The van der Waals surface area contributed by atoms with Crippen LogP contribution in [0.15, 0.2) is 29.2 Å². The summed E-state index contributed by atoms with van der Waals surface area (Å²) < 4.78 is 5.28. The minimum Gasteiger partial charge on any atom is -0.481 e. The Hall–Kier alpha value is -2.85. The Bertz CT molecular complexity index is 1100. The van der Waals surface area contributed by atoms with Crippen LogP contribution >= 0.6 is 23.1 Å². The van der Waals surface area contributed by atoms with Crippen molar-refractivity contribution in [1.29, 1.82) is 0 Å². The number of benzene rings is 1. The average Bonchev–Trinajstić information content (AvgIpc) is 3.19. The molecule has 1 aromatic heterocycles. The predicted molar refractivity (Wildman–Crippen MR) is 137 cm³/mol. The molecule has 3 rings (SSSR count). The van der Waals surface area contributed by atoms with Crippen molar-refractivity contribution in [1.82, 2.24) is 0 Å². The molecule has 0 spiro atoms. The Morgan fingerprint density at radius 2 is 1.89 bits per heavy atom. The number of hydrogen-bond acceptors (Lipinski definition) is 7. The van der Waals surface area contributed by atoms with Gasteiger partial charge in [-0.15, -0.1) is 23.1 Å². The van der Waals surface area contributed by atoms with E-state index in [9.17, 15) is 19.2 Å². The van der Waals surface area contributed by atoms with Crippen LogP contribution in [0.1, 0.15) is 66.8 Å². The molecule has 1 atom stereocenters. The largest absolute Gasteiger partial charge is 0.481 e. The lowest BCUT2D eigenvalue weighted by Crippen LogP contribution is -2.25. The fraction of sp³-hybridized carbons (Fsp3) is 0.440. The van der Waals surface area contributed by atoms with Gasteiger partial charge in [0.15, 0.2) is 0 Å². The number of hydrogen-bond donors (Lipinski definition) is 3. The lowest BCUT2D eigenvalue weighted by Gasteiger charge is -2.16. The van der Waals surface area contributed by atoms with E-state index in [-0.39, 0.29) is 31.3 Å². The van der Waals surface area contributed by atoms with Crippen LogP contribution in [-0.4, -0.2) is 40.7 Å². The monoisotopic (exact) mass is 518 g/mol. The molecule has 1 aliphatic rings. The molecule has 2 amide bonds. The highest BCUT2D eigenvalue weighted by atomic mass is 32.2. The zero-order valence-corrected chi connectivity index (χ0v) is 21.5. The van der Waals surface area contributed by atoms with E-state index in [1.165, 1.54) is 23.1 Å². The number of ether oxygens (including phenoxy) is 1. The van der Waals surface area contributed by atoms with Crippen molar-refractivity contribution in [3.05, 3.63) is 40.3 Å². The van der Waals surface area contributed by atoms with Gasteiger partial charge >= 0.3 is 11.9 Å². The molecule has 1 heterocycles. The second kappa shape index (κ2) is 12.7. The molecule has 3 N–H and O–H groups in total. The summed E-state index contributed by atoms with van der Waals surface area (Å²) >= 11 is 2.83. The number of carboxylic acids is 1. The highest BCUT2D eigenvalue weighted by molar-refractivity contribution is 8.00. The molecule has 0 saturated heterocycles. The summed E-state index contributed by atoms with van der Waals surface area (Å²) in [6.07, 6.45) is 4.01. The quantitative estimate of drug-likeness (QED) is 0.279. The Morgan fingerprint density at radius 1 is 1.11 bits per heavy atom. The molecule has 0 saturated carbocycles. The third kappa shape index (κ3) is 7.32. The lowest BCUT2D eigenvalue weighted by molar-refractivity contribution is -0.138. The number of rotatable bonds is 11. The van der Waals surface area contributed by atoms with Gasteiger partial charge in [-0.3, -0.25) is 14.4 Å². The van der Waals surface area contributed by atoms with Gasteiger partial charge in [0, 0.05) is 21.9 Å². The molecule has 0 aliphatic heterocycles. The summed E-state index contributed by atoms with van der Waals surface area (Å²) in [6, 6.07) is 7.09. The van der Waals surface area contributed by atoms with Gasteiger partial charge in [0.1, 0.15) is 5.00 Å². The molecule has 188 valence electrons. The molecule has 0 fully saturated rings. The van der Waals surface area contributed by atoms with Gasteiger partial charge in [-0.05, 0) is 62.8 Å². The molecule has 8 nitrogen and oxygen atoms in total. The first-order valence-corrected chi connectivity index (χ1v) is 13.4. The van der Waals surface area contributed by atoms with E-state index in [1.807, 2.05) is 13.0 Å². The molecule has 0 radical (unpaired) electrons. The van der Waals surface area contributed by atoms with E-state index in [0.717, 1.165) is 41.0 Å². The molecular formula is C25H30N2O6S2. The Labute approximate surface area is 212 Å². The maximum absolute atomic E-state index is 13.2. The Morgan fingerprint density at radius 3 is 2.60 bits per heavy atom. The molecule has 1 aliphatic carbocycles. The van der Waals surface area contributed by atoms with Crippen LogP contribution < -0.4 is 10.6 Å². The highest BCUT2D eigenvalue weighted by Gasteiger charge is 2.29. The van der Waals surface area contributed by atoms with Crippen molar-refractivity contribution in [3.8, 4) is 0 Å². The second-order valence-corrected chi connectivity index (χ2v) is 10.5. The van der Waals surface area contributed by atoms with Crippen molar-refractivity contribution in [2.45, 2.75) is 68.9 Å². The van der Waals surface area contributed by atoms with Gasteiger partial charge in [-0.1, -0.05) is 13.0 Å². The number of amides is 2. The number of carboxylic acid groups (broad SMARTS) is 1. The van der Waals surface area contributed by atoms with E-state index in [0.29, 0.717) is 22.7 Å². The first-order chi connectivity index (χ1) is 16.8. The molecule has 35 heavy (non-hydrogen) atoms. The third-order valence-corrected chi connectivity index (χ3v) is 8.08. The summed E-state index contributed by atoms with van der Waals surface area (Å²) in [7, 11) is 0. The van der Waals surface area contributed by atoms with E-state index in [1.54, 1.807) is 25.1 Å². The van der Waals surface area contributed by atoms with E-state index in [4.69, 9.17) is 9.84 Å². The normalized spacial score (nSPS) is 13.4. The third-order valence-electron chi connectivity index (χ3n) is 5.51.